The van der Waals surface area contributed by atoms with E-state index in [0.29, 0.717) is 18.6 Å². The van der Waals surface area contributed by atoms with Crippen molar-refractivity contribution in [3.05, 3.63) is 30.1 Å². The number of pyridine rings is 1. The maximum absolute atomic E-state index is 12.2. The number of nitrogens with one attached hydrogen (secondary N) is 2. The molecule has 2 rings (SSSR count). The Balaban J connectivity index is 2.34. The number of imidazole rings is 1. The molecule has 0 bridgehead atoms. The Kier molecular flexibility index (Phi) is 4.59. The maximum Gasteiger partial charge on any atom is 0.272 e. The molecule has 0 aliphatic heterocycles. The molecule has 114 valence electrons. The van der Waals surface area contributed by atoms with E-state index < -0.39 is 9.84 Å². The molecule has 1 amide bonds. The van der Waals surface area contributed by atoms with Gasteiger partial charge in [-0.25, -0.2) is 13.4 Å². The quantitative estimate of drug-likeness (QED) is 0.737. The lowest BCUT2D eigenvalue weighted by Crippen LogP contribution is -2.32. The average molecular weight is 310 g/mol. The highest BCUT2D eigenvalue weighted by molar-refractivity contribution is 7.90. The number of hydrogen-bond donors (Lipinski definition) is 2. The van der Waals surface area contributed by atoms with Crippen molar-refractivity contribution in [3.63, 3.8) is 0 Å². The number of carbonyl (C=O) groups excluding carboxylic acids is 1. The standard InChI is InChI=1S/C13H18N4O3S/c1-3-14-7-8-15-12(18)11-10-6-4-5-9-17(10)13(16-11)21(2,19)20/h4-6,9,14H,3,7-8H2,1-2H3,(H,15,18). The Morgan fingerprint density at radius 1 is 1.33 bits per heavy atom. The summed E-state index contributed by atoms with van der Waals surface area (Å²) in [5, 5.41) is 5.67. The Morgan fingerprint density at radius 3 is 2.76 bits per heavy atom. The molecule has 0 radical (unpaired) electrons. The van der Waals surface area contributed by atoms with Crippen LogP contribution in [0.5, 0.6) is 0 Å². The number of aromatic nitrogens is 2. The lowest BCUT2D eigenvalue weighted by atomic mass is 10.3. The van der Waals surface area contributed by atoms with Crippen molar-refractivity contribution in [2.24, 2.45) is 0 Å². The molecule has 2 heterocycles. The van der Waals surface area contributed by atoms with Crippen LogP contribution in [0.25, 0.3) is 5.52 Å². The highest BCUT2D eigenvalue weighted by Crippen LogP contribution is 2.16. The van der Waals surface area contributed by atoms with Gasteiger partial charge in [0.05, 0.1) is 5.52 Å². The molecule has 0 spiro atoms. The Morgan fingerprint density at radius 2 is 2.10 bits per heavy atom. The minimum atomic E-state index is -3.51. The van der Waals surface area contributed by atoms with Crippen LogP contribution >= 0.6 is 0 Å². The zero-order valence-electron chi connectivity index (χ0n) is 12.0. The lowest BCUT2D eigenvalue weighted by Gasteiger charge is -2.03. The van der Waals surface area contributed by atoms with Crippen molar-refractivity contribution in [1.29, 1.82) is 0 Å². The van der Waals surface area contributed by atoms with Crippen LogP contribution in [0.15, 0.2) is 29.6 Å². The van der Waals surface area contributed by atoms with Crippen molar-refractivity contribution < 1.29 is 13.2 Å². The molecule has 0 aliphatic carbocycles. The fourth-order valence-electron chi connectivity index (χ4n) is 1.96. The van der Waals surface area contributed by atoms with E-state index in [1.54, 1.807) is 24.4 Å². The highest BCUT2D eigenvalue weighted by Gasteiger charge is 2.22. The van der Waals surface area contributed by atoms with Gasteiger partial charge in [-0.3, -0.25) is 9.20 Å². The van der Waals surface area contributed by atoms with Crippen molar-refractivity contribution in [2.75, 3.05) is 25.9 Å². The number of hydrogen-bond acceptors (Lipinski definition) is 5. The Bertz CT molecular complexity index is 752. The number of rotatable bonds is 6. The van der Waals surface area contributed by atoms with Gasteiger partial charge in [0.2, 0.25) is 15.0 Å². The molecular formula is C13H18N4O3S. The highest BCUT2D eigenvalue weighted by atomic mass is 32.2. The lowest BCUT2D eigenvalue weighted by molar-refractivity contribution is 0.0951. The molecule has 21 heavy (non-hydrogen) atoms. The molecule has 0 saturated carbocycles. The number of sulfone groups is 1. The third kappa shape index (κ3) is 3.40. The van der Waals surface area contributed by atoms with Crippen LogP contribution in [0.3, 0.4) is 0 Å². The van der Waals surface area contributed by atoms with Crippen LogP contribution in [0.1, 0.15) is 17.4 Å². The first-order valence-corrected chi connectivity index (χ1v) is 8.50. The molecule has 0 aromatic carbocycles. The zero-order valence-corrected chi connectivity index (χ0v) is 12.8. The van der Waals surface area contributed by atoms with Crippen molar-refractivity contribution in [2.45, 2.75) is 12.1 Å². The Hall–Kier alpha value is -1.93. The number of fused-ring (bicyclic) bond motifs is 1. The first-order chi connectivity index (χ1) is 9.95. The topological polar surface area (TPSA) is 92.6 Å². The fraction of sp³-hybridized carbons (Fsp3) is 0.385. The average Bonchev–Trinajstić information content (AvgIpc) is 2.83. The van der Waals surface area contributed by atoms with E-state index in [1.165, 1.54) is 4.40 Å². The second kappa shape index (κ2) is 6.23. The molecule has 0 unspecified atom stereocenters. The summed E-state index contributed by atoms with van der Waals surface area (Å²) < 4.78 is 24.9. The van der Waals surface area contributed by atoms with Crippen LogP contribution < -0.4 is 10.6 Å². The fourth-order valence-corrected chi connectivity index (χ4v) is 2.74. The number of carbonyl (C=O) groups is 1. The largest absolute Gasteiger partial charge is 0.349 e. The van der Waals surface area contributed by atoms with Crippen LogP contribution in [-0.2, 0) is 9.84 Å². The monoisotopic (exact) mass is 310 g/mol. The van der Waals surface area contributed by atoms with Gasteiger partial charge in [-0.2, -0.15) is 0 Å². The summed E-state index contributed by atoms with van der Waals surface area (Å²) in [6, 6.07) is 5.09. The first kappa shape index (κ1) is 15.5. The van der Waals surface area contributed by atoms with Crippen molar-refractivity contribution in [3.8, 4) is 0 Å². The molecule has 0 saturated heterocycles. The number of amides is 1. The van der Waals surface area contributed by atoms with Gasteiger partial charge in [-0.1, -0.05) is 13.0 Å². The molecular weight excluding hydrogens is 292 g/mol. The second-order valence-electron chi connectivity index (χ2n) is 4.58. The summed E-state index contributed by atoms with van der Waals surface area (Å²) in [5.74, 6) is -0.383. The third-order valence-corrected chi connectivity index (χ3v) is 3.85. The van der Waals surface area contributed by atoms with Crippen LogP contribution in [-0.4, -0.2) is 49.6 Å². The van der Waals surface area contributed by atoms with E-state index in [-0.39, 0.29) is 16.8 Å². The van der Waals surface area contributed by atoms with Crippen LogP contribution in [0, 0.1) is 0 Å². The summed E-state index contributed by atoms with van der Waals surface area (Å²) in [7, 11) is -3.51. The van der Waals surface area contributed by atoms with Gasteiger partial charge < -0.3 is 10.6 Å². The molecule has 2 aromatic rings. The number of likely N-dealkylation sites (N-methyl/N-ethyl adjacent to an activating group) is 1. The van der Waals surface area contributed by atoms with E-state index in [2.05, 4.69) is 15.6 Å². The van der Waals surface area contributed by atoms with Crippen molar-refractivity contribution in [1.82, 2.24) is 20.0 Å². The first-order valence-electron chi connectivity index (χ1n) is 6.61. The summed E-state index contributed by atoms with van der Waals surface area (Å²) in [6.45, 7) is 3.89. The van der Waals surface area contributed by atoms with Gasteiger partial charge in [-0.05, 0) is 18.7 Å². The molecule has 2 N–H and O–H groups in total. The summed E-state index contributed by atoms with van der Waals surface area (Å²) in [5.41, 5.74) is 0.589. The molecule has 0 atom stereocenters. The predicted octanol–water partition coefficient (Wildman–Crippen LogP) is 0.0771. The van der Waals surface area contributed by atoms with Crippen LogP contribution in [0.2, 0.25) is 0 Å². The van der Waals surface area contributed by atoms with Gasteiger partial charge in [0.25, 0.3) is 5.91 Å². The summed E-state index contributed by atoms with van der Waals surface area (Å²) in [4.78, 5) is 16.2. The molecule has 8 heteroatoms. The Labute approximate surface area is 123 Å². The van der Waals surface area contributed by atoms with Gasteiger partial charge in [0.1, 0.15) is 0 Å². The van der Waals surface area contributed by atoms with E-state index >= 15 is 0 Å². The van der Waals surface area contributed by atoms with Gasteiger partial charge in [0.15, 0.2) is 5.69 Å². The van der Waals surface area contributed by atoms with Crippen LogP contribution in [0.4, 0.5) is 0 Å². The molecule has 0 aliphatic rings. The van der Waals surface area contributed by atoms with Gasteiger partial charge in [0, 0.05) is 25.5 Å². The van der Waals surface area contributed by atoms with E-state index in [9.17, 15) is 13.2 Å². The maximum atomic E-state index is 12.2. The third-order valence-electron chi connectivity index (χ3n) is 2.90. The predicted molar refractivity (Wildman–Crippen MR) is 79.2 cm³/mol. The normalized spacial score (nSPS) is 11.7. The SMILES string of the molecule is CCNCCNC(=O)c1nc(S(C)(=O)=O)n2ccccc12. The zero-order chi connectivity index (χ0) is 15.5. The molecule has 2 aromatic heterocycles. The van der Waals surface area contributed by atoms with Gasteiger partial charge >= 0.3 is 0 Å². The van der Waals surface area contributed by atoms with E-state index in [0.717, 1.165) is 12.8 Å². The van der Waals surface area contributed by atoms with Gasteiger partial charge in [-0.15, -0.1) is 0 Å². The summed E-state index contributed by atoms with van der Waals surface area (Å²) in [6.07, 6.45) is 2.65. The number of nitrogens with zero attached hydrogens (tertiary/aromatic N) is 2. The minimum Gasteiger partial charge on any atom is -0.349 e. The summed E-state index contributed by atoms with van der Waals surface area (Å²) >= 11 is 0. The smallest absolute Gasteiger partial charge is 0.272 e. The minimum absolute atomic E-state index is 0.118. The van der Waals surface area contributed by atoms with E-state index in [4.69, 9.17) is 0 Å². The second-order valence-corrected chi connectivity index (χ2v) is 6.49. The molecule has 0 fully saturated rings. The molecule has 7 nitrogen and oxygen atoms in total. The van der Waals surface area contributed by atoms with E-state index in [1.807, 2.05) is 6.92 Å². The van der Waals surface area contributed by atoms with Crippen molar-refractivity contribution >= 4 is 21.3 Å².